The maximum atomic E-state index is 11.4. The molecule has 0 bridgehead atoms. The fraction of sp³-hybridized carbons (Fsp3) is 0.938. The molecule has 0 heterocycles. The first-order chi connectivity index (χ1) is 8.60. The lowest BCUT2D eigenvalue weighted by molar-refractivity contribution is -0.120. The van der Waals surface area contributed by atoms with Crippen molar-refractivity contribution in [3.8, 4) is 0 Å². The molecule has 0 aliphatic heterocycles. The smallest absolute Gasteiger partial charge is 0.217 e. The SMILES string of the molecule is CC(=O)NC1C(C)CC(C)C(SC(C)(C)C)CC1C. The predicted molar refractivity (Wildman–Crippen MR) is 85.5 cm³/mol. The van der Waals surface area contributed by atoms with Crippen molar-refractivity contribution >= 4 is 17.7 Å². The normalized spacial score (nSPS) is 36.7. The Hall–Kier alpha value is -0.180. The predicted octanol–water partition coefficient (Wildman–Crippen LogP) is 4.09. The van der Waals surface area contributed by atoms with E-state index in [0.717, 1.165) is 5.92 Å². The van der Waals surface area contributed by atoms with E-state index in [1.54, 1.807) is 6.92 Å². The summed E-state index contributed by atoms with van der Waals surface area (Å²) in [5.74, 6) is 1.96. The molecule has 19 heavy (non-hydrogen) atoms. The Balaban J connectivity index is 2.79. The highest BCUT2D eigenvalue weighted by atomic mass is 32.2. The molecule has 5 atom stereocenters. The summed E-state index contributed by atoms with van der Waals surface area (Å²) in [6.07, 6.45) is 2.42. The lowest BCUT2D eigenvalue weighted by Crippen LogP contribution is -2.42. The second-order valence-corrected chi connectivity index (χ2v) is 9.46. The third kappa shape index (κ3) is 5.37. The molecular weight excluding hydrogens is 254 g/mol. The molecular formula is C16H31NOS. The zero-order chi connectivity index (χ0) is 14.8. The second kappa shape index (κ2) is 6.51. The molecule has 5 unspecified atom stereocenters. The van der Waals surface area contributed by atoms with Crippen molar-refractivity contribution in [2.45, 2.75) is 77.3 Å². The average Bonchev–Trinajstić information content (AvgIpc) is 2.29. The largest absolute Gasteiger partial charge is 0.353 e. The standard InChI is InChI=1S/C16H31NOS/c1-10-8-11(2)15(17-13(4)18)12(3)9-14(10)19-16(5,6)7/h10-12,14-15H,8-9H2,1-7H3,(H,17,18). The van der Waals surface area contributed by atoms with E-state index in [4.69, 9.17) is 0 Å². The van der Waals surface area contributed by atoms with E-state index >= 15 is 0 Å². The van der Waals surface area contributed by atoms with E-state index < -0.39 is 0 Å². The van der Waals surface area contributed by atoms with Crippen LogP contribution in [0.3, 0.4) is 0 Å². The maximum Gasteiger partial charge on any atom is 0.217 e. The number of carbonyl (C=O) groups is 1. The molecule has 0 radical (unpaired) electrons. The van der Waals surface area contributed by atoms with E-state index in [2.05, 4.69) is 58.6 Å². The fourth-order valence-electron chi connectivity index (χ4n) is 3.33. The van der Waals surface area contributed by atoms with Crippen molar-refractivity contribution in [2.75, 3.05) is 0 Å². The van der Waals surface area contributed by atoms with Crippen molar-refractivity contribution < 1.29 is 4.79 Å². The lowest BCUT2D eigenvalue weighted by atomic mass is 9.88. The highest BCUT2D eigenvalue weighted by Gasteiger charge is 2.36. The van der Waals surface area contributed by atoms with Gasteiger partial charge in [0, 0.05) is 23.0 Å². The Kier molecular flexibility index (Phi) is 5.78. The van der Waals surface area contributed by atoms with Crippen molar-refractivity contribution in [1.29, 1.82) is 0 Å². The highest BCUT2D eigenvalue weighted by molar-refractivity contribution is 8.01. The Labute approximate surface area is 123 Å². The molecule has 1 rings (SSSR count). The first kappa shape index (κ1) is 16.9. The average molecular weight is 285 g/mol. The van der Waals surface area contributed by atoms with Crippen LogP contribution in [0.15, 0.2) is 0 Å². The van der Waals surface area contributed by atoms with E-state index in [1.807, 2.05) is 0 Å². The van der Waals surface area contributed by atoms with Crippen molar-refractivity contribution in [3.63, 3.8) is 0 Å². The van der Waals surface area contributed by atoms with Gasteiger partial charge in [-0.3, -0.25) is 4.79 Å². The first-order valence-electron chi connectivity index (χ1n) is 7.55. The van der Waals surface area contributed by atoms with E-state index in [9.17, 15) is 4.79 Å². The minimum Gasteiger partial charge on any atom is -0.353 e. The Morgan fingerprint density at radius 2 is 1.58 bits per heavy atom. The monoisotopic (exact) mass is 285 g/mol. The molecule has 1 aliphatic rings. The Morgan fingerprint density at radius 1 is 1.05 bits per heavy atom. The van der Waals surface area contributed by atoms with Gasteiger partial charge in [0.2, 0.25) is 5.91 Å². The van der Waals surface area contributed by atoms with Gasteiger partial charge in [-0.05, 0) is 30.6 Å². The fourth-order valence-corrected chi connectivity index (χ4v) is 4.98. The molecule has 1 aliphatic carbocycles. The molecule has 1 amide bonds. The van der Waals surface area contributed by atoms with Gasteiger partial charge in [-0.25, -0.2) is 0 Å². The van der Waals surface area contributed by atoms with Gasteiger partial charge in [0.05, 0.1) is 0 Å². The molecule has 0 spiro atoms. The summed E-state index contributed by atoms with van der Waals surface area (Å²) in [4.78, 5) is 11.4. The number of rotatable bonds is 2. The van der Waals surface area contributed by atoms with Gasteiger partial charge in [-0.2, -0.15) is 11.8 Å². The van der Waals surface area contributed by atoms with Gasteiger partial charge >= 0.3 is 0 Å². The number of nitrogens with one attached hydrogen (secondary N) is 1. The Morgan fingerprint density at radius 3 is 2.05 bits per heavy atom. The summed E-state index contributed by atoms with van der Waals surface area (Å²) in [5, 5.41) is 3.88. The van der Waals surface area contributed by atoms with Crippen LogP contribution in [0.1, 0.15) is 61.3 Å². The summed E-state index contributed by atoms with van der Waals surface area (Å²) in [6.45, 7) is 15.5. The summed E-state index contributed by atoms with van der Waals surface area (Å²) >= 11 is 2.11. The molecule has 2 nitrogen and oxygen atoms in total. The minimum atomic E-state index is 0.110. The third-order valence-electron chi connectivity index (χ3n) is 4.08. The first-order valence-corrected chi connectivity index (χ1v) is 8.43. The van der Waals surface area contributed by atoms with Gasteiger partial charge in [-0.15, -0.1) is 0 Å². The highest BCUT2D eigenvalue weighted by Crippen LogP contribution is 2.41. The van der Waals surface area contributed by atoms with Gasteiger partial charge in [0.25, 0.3) is 0 Å². The van der Waals surface area contributed by atoms with Crippen LogP contribution in [-0.2, 0) is 4.79 Å². The summed E-state index contributed by atoms with van der Waals surface area (Å²) in [5.41, 5.74) is 0. The van der Waals surface area contributed by atoms with Crippen LogP contribution in [0.25, 0.3) is 0 Å². The quantitative estimate of drug-likeness (QED) is 0.774. The number of amides is 1. The third-order valence-corrected chi connectivity index (χ3v) is 5.75. The number of hydrogen-bond donors (Lipinski definition) is 1. The van der Waals surface area contributed by atoms with Gasteiger partial charge in [0.15, 0.2) is 0 Å². The minimum absolute atomic E-state index is 0.110. The number of carbonyl (C=O) groups excluding carboxylic acids is 1. The van der Waals surface area contributed by atoms with Crippen molar-refractivity contribution in [3.05, 3.63) is 0 Å². The zero-order valence-electron chi connectivity index (χ0n) is 13.6. The van der Waals surface area contributed by atoms with Crippen LogP contribution >= 0.6 is 11.8 Å². The topological polar surface area (TPSA) is 29.1 Å². The van der Waals surface area contributed by atoms with E-state index in [1.165, 1.54) is 12.8 Å². The summed E-state index contributed by atoms with van der Waals surface area (Å²) in [6, 6.07) is 0.338. The molecule has 1 N–H and O–H groups in total. The summed E-state index contributed by atoms with van der Waals surface area (Å²) in [7, 11) is 0. The zero-order valence-corrected chi connectivity index (χ0v) is 14.4. The van der Waals surface area contributed by atoms with E-state index in [0.29, 0.717) is 27.9 Å². The second-order valence-electron chi connectivity index (χ2n) is 7.40. The number of hydrogen-bond acceptors (Lipinski definition) is 2. The molecule has 0 aromatic heterocycles. The van der Waals surface area contributed by atoms with Gasteiger partial charge in [-0.1, -0.05) is 41.5 Å². The molecule has 1 fully saturated rings. The Bertz CT molecular complexity index is 310. The van der Waals surface area contributed by atoms with Crippen LogP contribution in [0.5, 0.6) is 0 Å². The maximum absolute atomic E-state index is 11.4. The number of thioether (sulfide) groups is 1. The molecule has 0 saturated heterocycles. The van der Waals surface area contributed by atoms with Crippen LogP contribution in [0.2, 0.25) is 0 Å². The molecule has 1 saturated carbocycles. The van der Waals surface area contributed by atoms with Gasteiger partial charge in [0.1, 0.15) is 0 Å². The van der Waals surface area contributed by atoms with Crippen molar-refractivity contribution in [2.24, 2.45) is 17.8 Å². The molecule has 3 heteroatoms. The van der Waals surface area contributed by atoms with E-state index in [-0.39, 0.29) is 5.91 Å². The molecule has 0 aromatic carbocycles. The van der Waals surface area contributed by atoms with Crippen LogP contribution in [0.4, 0.5) is 0 Å². The molecule has 112 valence electrons. The van der Waals surface area contributed by atoms with Crippen molar-refractivity contribution in [1.82, 2.24) is 5.32 Å². The molecule has 0 aromatic rings. The lowest BCUT2D eigenvalue weighted by Gasteiger charge is -2.30. The summed E-state index contributed by atoms with van der Waals surface area (Å²) < 4.78 is 0.315. The van der Waals surface area contributed by atoms with Crippen LogP contribution in [0, 0.1) is 17.8 Å². The van der Waals surface area contributed by atoms with Gasteiger partial charge < -0.3 is 5.32 Å². The van der Waals surface area contributed by atoms with Crippen LogP contribution in [-0.4, -0.2) is 21.9 Å². The van der Waals surface area contributed by atoms with Crippen LogP contribution < -0.4 is 5.32 Å².